The first-order valence-electron chi connectivity index (χ1n) is 10.1. The number of ether oxygens (including phenoxy) is 1. The highest BCUT2D eigenvalue weighted by Crippen LogP contribution is 2.34. The van der Waals surface area contributed by atoms with Crippen LogP contribution in [-0.2, 0) is 4.74 Å². The van der Waals surface area contributed by atoms with E-state index < -0.39 is 0 Å². The van der Waals surface area contributed by atoms with Crippen LogP contribution < -0.4 is 5.32 Å². The molecular weight excluding hydrogens is 359 g/mol. The van der Waals surface area contributed by atoms with E-state index in [0.717, 1.165) is 39.1 Å². The fourth-order valence-corrected chi connectivity index (χ4v) is 4.46. The lowest BCUT2D eigenvalue weighted by molar-refractivity contribution is -0.0361. The van der Waals surface area contributed by atoms with Crippen molar-refractivity contribution < 1.29 is 13.9 Å². The van der Waals surface area contributed by atoms with E-state index in [4.69, 9.17) is 4.74 Å². The van der Waals surface area contributed by atoms with Crippen molar-refractivity contribution in [3.63, 3.8) is 0 Å². The van der Waals surface area contributed by atoms with Gasteiger partial charge >= 0.3 is 0 Å². The predicted octanol–water partition coefficient (Wildman–Crippen LogP) is 2.78. The number of nitrogens with zero attached hydrogens (tertiary/aromatic N) is 3. The Hall–Kier alpha value is -2.25. The zero-order valence-electron chi connectivity index (χ0n) is 16.1. The normalized spacial score (nSPS) is 20.0. The van der Waals surface area contributed by atoms with Crippen LogP contribution in [0, 0.1) is 5.82 Å². The Labute approximate surface area is 164 Å². The zero-order valence-corrected chi connectivity index (χ0v) is 16.1. The molecule has 0 atom stereocenters. The maximum Gasteiger partial charge on any atom is 0.269 e. The second kappa shape index (κ2) is 8.41. The van der Waals surface area contributed by atoms with Crippen LogP contribution >= 0.6 is 0 Å². The lowest BCUT2D eigenvalue weighted by Gasteiger charge is -2.48. The molecule has 4 rings (SSSR count). The van der Waals surface area contributed by atoms with E-state index in [1.807, 2.05) is 0 Å². The van der Waals surface area contributed by atoms with Crippen molar-refractivity contribution in [3.8, 4) is 5.69 Å². The van der Waals surface area contributed by atoms with E-state index in [1.165, 1.54) is 31.4 Å². The minimum absolute atomic E-state index is 0.0123. The van der Waals surface area contributed by atoms with E-state index in [-0.39, 0.29) is 17.3 Å². The van der Waals surface area contributed by atoms with E-state index in [9.17, 15) is 9.18 Å². The Bertz CT molecular complexity index is 793. The van der Waals surface area contributed by atoms with Crippen LogP contribution in [0.4, 0.5) is 4.39 Å². The summed E-state index contributed by atoms with van der Waals surface area (Å²) in [7, 11) is 0. The lowest BCUT2D eigenvalue weighted by Crippen LogP contribution is -2.59. The molecule has 2 heterocycles. The number of carbonyl (C=O) groups excluding carboxylic acids is 1. The van der Waals surface area contributed by atoms with Crippen molar-refractivity contribution in [2.45, 2.75) is 37.6 Å². The molecule has 2 aromatic rings. The summed E-state index contributed by atoms with van der Waals surface area (Å²) in [5, 5.41) is 3.16. The molecule has 0 radical (unpaired) electrons. The number of nitrogens with one attached hydrogen (secondary N) is 1. The van der Waals surface area contributed by atoms with Crippen LogP contribution in [0.2, 0.25) is 0 Å². The average Bonchev–Trinajstić information content (AvgIpc) is 3.24. The number of morpholine rings is 1. The summed E-state index contributed by atoms with van der Waals surface area (Å²) < 4.78 is 20.4. The van der Waals surface area contributed by atoms with Gasteiger partial charge in [0.1, 0.15) is 11.5 Å². The van der Waals surface area contributed by atoms with Crippen molar-refractivity contribution in [2.24, 2.45) is 0 Å². The van der Waals surface area contributed by atoms with E-state index >= 15 is 0 Å². The number of carbonyl (C=O) groups is 1. The van der Waals surface area contributed by atoms with Gasteiger partial charge in [0.2, 0.25) is 0 Å². The van der Waals surface area contributed by atoms with Crippen LogP contribution in [0.15, 0.2) is 36.8 Å². The molecule has 0 bridgehead atoms. The Morgan fingerprint density at radius 2 is 1.86 bits per heavy atom. The number of amides is 1. The molecule has 1 aliphatic carbocycles. The lowest BCUT2D eigenvalue weighted by atomic mass is 9.79. The first kappa shape index (κ1) is 19.1. The number of imidazole rings is 1. The molecule has 1 aromatic carbocycles. The van der Waals surface area contributed by atoms with Crippen LogP contribution in [0.3, 0.4) is 0 Å². The van der Waals surface area contributed by atoms with E-state index in [1.54, 1.807) is 29.2 Å². The summed E-state index contributed by atoms with van der Waals surface area (Å²) in [6.45, 7) is 3.98. The van der Waals surface area contributed by atoms with Gasteiger partial charge < -0.3 is 10.1 Å². The standard InChI is InChI=1S/C21H27FN4O2/c22-17-4-6-18(7-5-17)26-16-23-14-19(26)20(27)24-15-21(8-2-1-3-9-21)25-10-12-28-13-11-25/h4-7,14,16H,1-3,8-13,15H2,(H,24,27). The minimum Gasteiger partial charge on any atom is -0.379 e. The molecule has 0 unspecified atom stereocenters. The monoisotopic (exact) mass is 386 g/mol. The maximum absolute atomic E-state index is 13.2. The van der Waals surface area contributed by atoms with Crippen molar-refractivity contribution in [3.05, 3.63) is 48.3 Å². The molecule has 2 fully saturated rings. The number of hydrogen-bond acceptors (Lipinski definition) is 4. The summed E-state index contributed by atoms with van der Waals surface area (Å²) in [6, 6.07) is 6.05. The molecule has 1 saturated heterocycles. The van der Waals surface area contributed by atoms with Crippen LogP contribution in [0.1, 0.15) is 42.6 Å². The molecule has 28 heavy (non-hydrogen) atoms. The smallest absolute Gasteiger partial charge is 0.269 e. The van der Waals surface area contributed by atoms with Crippen LogP contribution in [0.25, 0.3) is 5.69 Å². The summed E-state index contributed by atoms with van der Waals surface area (Å²) in [5.41, 5.74) is 1.18. The first-order chi connectivity index (χ1) is 13.7. The molecule has 150 valence electrons. The topological polar surface area (TPSA) is 59.4 Å². The summed E-state index contributed by atoms with van der Waals surface area (Å²) in [5.74, 6) is -0.459. The van der Waals surface area contributed by atoms with Gasteiger partial charge in [0.05, 0.1) is 25.7 Å². The molecule has 1 amide bonds. The van der Waals surface area contributed by atoms with Crippen molar-refractivity contribution >= 4 is 5.91 Å². The third-order valence-electron chi connectivity index (χ3n) is 6.02. The minimum atomic E-state index is -0.306. The second-order valence-electron chi connectivity index (χ2n) is 7.69. The van der Waals surface area contributed by atoms with Gasteiger partial charge in [-0.05, 0) is 37.1 Å². The second-order valence-corrected chi connectivity index (χ2v) is 7.69. The number of aromatic nitrogens is 2. The molecule has 2 aliphatic rings. The number of halogens is 1. The fourth-order valence-electron chi connectivity index (χ4n) is 4.46. The molecule has 1 aromatic heterocycles. The van der Waals surface area contributed by atoms with Crippen molar-refractivity contribution in [2.75, 3.05) is 32.8 Å². The van der Waals surface area contributed by atoms with Gasteiger partial charge in [-0.1, -0.05) is 19.3 Å². The van der Waals surface area contributed by atoms with E-state index in [0.29, 0.717) is 17.9 Å². The number of rotatable bonds is 5. The van der Waals surface area contributed by atoms with Gasteiger partial charge in [0.25, 0.3) is 5.91 Å². The van der Waals surface area contributed by atoms with Crippen molar-refractivity contribution in [1.29, 1.82) is 0 Å². The highest BCUT2D eigenvalue weighted by molar-refractivity contribution is 5.93. The number of hydrogen-bond donors (Lipinski definition) is 1. The Morgan fingerprint density at radius 3 is 2.57 bits per heavy atom. The largest absolute Gasteiger partial charge is 0.379 e. The molecule has 7 heteroatoms. The zero-order chi connectivity index (χ0) is 19.4. The third kappa shape index (κ3) is 3.95. The SMILES string of the molecule is O=C(NCC1(N2CCOCC2)CCCCC1)c1cncn1-c1ccc(F)cc1. The molecule has 1 N–H and O–H groups in total. The van der Waals surface area contributed by atoms with Gasteiger partial charge in [0.15, 0.2) is 0 Å². The Morgan fingerprint density at radius 1 is 1.14 bits per heavy atom. The van der Waals surface area contributed by atoms with Crippen LogP contribution in [0.5, 0.6) is 0 Å². The fraction of sp³-hybridized carbons (Fsp3) is 0.524. The molecular formula is C21H27FN4O2. The molecule has 1 saturated carbocycles. The number of benzene rings is 1. The highest BCUT2D eigenvalue weighted by Gasteiger charge is 2.39. The molecule has 6 nitrogen and oxygen atoms in total. The summed E-state index contributed by atoms with van der Waals surface area (Å²) in [4.78, 5) is 19.6. The third-order valence-corrected chi connectivity index (χ3v) is 6.02. The van der Waals surface area contributed by atoms with Crippen molar-refractivity contribution in [1.82, 2.24) is 19.8 Å². The van der Waals surface area contributed by atoms with E-state index in [2.05, 4.69) is 15.2 Å². The van der Waals surface area contributed by atoms with Gasteiger partial charge in [-0.25, -0.2) is 9.37 Å². The van der Waals surface area contributed by atoms with Gasteiger partial charge in [-0.3, -0.25) is 14.3 Å². The highest BCUT2D eigenvalue weighted by atomic mass is 19.1. The maximum atomic E-state index is 13.2. The summed E-state index contributed by atoms with van der Waals surface area (Å²) in [6.07, 6.45) is 9.00. The summed E-state index contributed by atoms with van der Waals surface area (Å²) >= 11 is 0. The predicted molar refractivity (Wildman–Crippen MR) is 104 cm³/mol. The Kier molecular flexibility index (Phi) is 5.73. The van der Waals surface area contributed by atoms with Crippen LogP contribution in [-0.4, -0.2) is 58.7 Å². The molecule has 0 spiro atoms. The van der Waals surface area contributed by atoms with Gasteiger partial charge in [-0.2, -0.15) is 0 Å². The molecule has 1 aliphatic heterocycles. The average molecular weight is 386 g/mol. The quantitative estimate of drug-likeness (QED) is 0.859. The van der Waals surface area contributed by atoms with Gasteiger partial charge in [-0.15, -0.1) is 0 Å². The van der Waals surface area contributed by atoms with Gasteiger partial charge in [0, 0.05) is 30.9 Å². The Balaban J connectivity index is 1.48. The first-order valence-corrected chi connectivity index (χ1v) is 10.1.